The molecule has 1 aromatic rings. The number of nitrogens with two attached hydrogens (primary N) is 1. The molecule has 96 valence electrons. The summed E-state index contributed by atoms with van der Waals surface area (Å²) in [6, 6.07) is 3.63. The van der Waals surface area contributed by atoms with Crippen molar-refractivity contribution in [2.24, 2.45) is 17.6 Å². The van der Waals surface area contributed by atoms with Crippen LogP contribution in [0.5, 0.6) is 0 Å². The van der Waals surface area contributed by atoms with Crippen LogP contribution >= 0.6 is 0 Å². The molecule has 0 amide bonds. The average Bonchev–Trinajstić information content (AvgIpc) is 2.26. The summed E-state index contributed by atoms with van der Waals surface area (Å²) < 4.78 is 26.0. The molecular weight excluding hydrogens is 222 g/mol. The fraction of sp³-hybridized carbons (Fsp3) is 0.538. The van der Waals surface area contributed by atoms with Gasteiger partial charge in [0, 0.05) is 18.2 Å². The highest BCUT2D eigenvalue weighted by molar-refractivity contribution is 5.18. The van der Waals surface area contributed by atoms with Crippen LogP contribution in [0.3, 0.4) is 0 Å². The third-order valence-electron chi connectivity index (χ3n) is 2.98. The Morgan fingerprint density at radius 3 is 2.53 bits per heavy atom. The van der Waals surface area contributed by atoms with E-state index in [1.165, 1.54) is 12.1 Å². The molecule has 1 aromatic carbocycles. The molecule has 4 heteroatoms. The summed E-state index contributed by atoms with van der Waals surface area (Å²) in [5.74, 6) is -0.191. The van der Waals surface area contributed by atoms with Crippen molar-refractivity contribution in [2.45, 2.75) is 20.4 Å². The summed E-state index contributed by atoms with van der Waals surface area (Å²) in [4.78, 5) is 0. The average molecular weight is 242 g/mol. The number of halogens is 2. The molecule has 0 aliphatic rings. The summed E-state index contributed by atoms with van der Waals surface area (Å²) in [6.07, 6.45) is 0. The second-order valence-corrected chi connectivity index (χ2v) is 4.61. The van der Waals surface area contributed by atoms with Gasteiger partial charge in [0.05, 0.1) is 0 Å². The minimum Gasteiger partial charge on any atom is -0.330 e. The summed E-state index contributed by atoms with van der Waals surface area (Å²) >= 11 is 0. The number of rotatable bonds is 6. The molecule has 0 saturated heterocycles. The van der Waals surface area contributed by atoms with Crippen LogP contribution in [0.15, 0.2) is 18.2 Å². The summed E-state index contributed by atoms with van der Waals surface area (Å²) in [5.41, 5.74) is 6.12. The Labute approximate surface area is 101 Å². The lowest BCUT2D eigenvalue weighted by atomic mass is 9.96. The third kappa shape index (κ3) is 4.40. The van der Waals surface area contributed by atoms with Gasteiger partial charge in [-0.2, -0.15) is 0 Å². The van der Waals surface area contributed by atoms with Gasteiger partial charge in [-0.3, -0.25) is 0 Å². The normalized spacial score (nSPS) is 13.1. The minimum absolute atomic E-state index is 0.374. The summed E-state index contributed by atoms with van der Waals surface area (Å²) in [6.45, 7) is 5.96. The zero-order valence-electron chi connectivity index (χ0n) is 10.3. The lowest BCUT2D eigenvalue weighted by Gasteiger charge is -2.19. The Morgan fingerprint density at radius 1 is 1.29 bits per heavy atom. The van der Waals surface area contributed by atoms with Crippen molar-refractivity contribution in [1.29, 1.82) is 0 Å². The van der Waals surface area contributed by atoms with Crippen molar-refractivity contribution >= 4 is 0 Å². The van der Waals surface area contributed by atoms with Crippen molar-refractivity contribution < 1.29 is 8.78 Å². The van der Waals surface area contributed by atoms with E-state index >= 15 is 0 Å². The molecule has 0 saturated carbocycles. The van der Waals surface area contributed by atoms with Crippen LogP contribution in [-0.4, -0.2) is 13.1 Å². The zero-order valence-corrected chi connectivity index (χ0v) is 10.3. The topological polar surface area (TPSA) is 38.0 Å². The number of hydrogen-bond donors (Lipinski definition) is 2. The Hall–Kier alpha value is -1.00. The van der Waals surface area contributed by atoms with E-state index in [0.29, 0.717) is 30.5 Å². The highest BCUT2D eigenvalue weighted by atomic mass is 19.1. The van der Waals surface area contributed by atoms with Crippen LogP contribution < -0.4 is 11.1 Å². The van der Waals surface area contributed by atoms with Gasteiger partial charge in [-0.1, -0.05) is 19.9 Å². The van der Waals surface area contributed by atoms with E-state index in [1.54, 1.807) is 0 Å². The largest absolute Gasteiger partial charge is 0.330 e. The molecule has 17 heavy (non-hydrogen) atoms. The first-order valence-corrected chi connectivity index (χ1v) is 5.89. The quantitative estimate of drug-likeness (QED) is 0.803. The van der Waals surface area contributed by atoms with Gasteiger partial charge in [-0.05, 0) is 31.0 Å². The maximum atomic E-state index is 13.3. The highest BCUT2D eigenvalue weighted by Crippen LogP contribution is 2.11. The van der Waals surface area contributed by atoms with E-state index in [4.69, 9.17) is 5.73 Å². The maximum absolute atomic E-state index is 13.3. The molecule has 1 rings (SSSR count). The first-order valence-electron chi connectivity index (χ1n) is 5.89. The van der Waals surface area contributed by atoms with Crippen molar-refractivity contribution in [3.8, 4) is 0 Å². The standard InChI is InChI=1S/C13H20F2N2/c1-9(2)11(6-16)8-17-7-10-3-4-12(14)5-13(10)15/h3-5,9,11,17H,6-8,16H2,1-2H3. The molecule has 3 N–H and O–H groups in total. The molecule has 0 fully saturated rings. The van der Waals surface area contributed by atoms with Crippen LogP contribution in [0.1, 0.15) is 19.4 Å². The zero-order chi connectivity index (χ0) is 12.8. The Balaban J connectivity index is 2.45. The molecule has 0 radical (unpaired) electrons. The second kappa shape index (κ2) is 6.67. The van der Waals surface area contributed by atoms with E-state index in [1.807, 2.05) is 0 Å². The van der Waals surface area contributed by atoms with Gasteiger partial charge in [-0.15, -0.1) is 0 Å². The van der Waals surface area contributed by atoms with E-state index in [9.17, 15) is 8.78 Å². The monoisotopic (exact) mass is 242 g/mol. The molecule has 0 aromatic heterocycles. The highest BCUT2D eigenvalue weighted by Gasteiger charge is 2.11. The van der Waals surface area contributed by atoms with Crippen LogP contribution in [0.2, 0.25) is 0 Å². The van der Waals surface area contributed by atoms with E-state index in [2.05, 4.69) is 19.2 Å². The predicted octanol–water partition coefficient (Wildman–Crippen LogP) is 2.29. The second-order valence-electron chi connectivity index (χ2n) is 4.61. The lowest BCUT2D eigenvalue weighted by Crippen LogP contribution is -2.31. The predicted molar refractivity (Wildman–Crippen MR) is 65.4 cm³/mol. The molecule has 0 spiro atoms. The van der Waals surface area contributed by atoms with E-state index in [0.717, 1.165) is 12.6 Å². The first kappa shape index (κ1) is 14.1. The Morgan fingerprint density at radius 2 is 2.00 bits per heavy atom. The Kier molecular flexibility index (Phi) is 5.51. The molecule has 0 aliphatic carbocycles. The van der Waals surface area contributed by atoms with Gasteiger partial charge in [0.2, 0.25) is 0 Å². The van der Waals surface area contributed by atoms with Gasteiger partial charge >= 0.3 is 0 Å². The minimum atomic E-state index is -0.548. The molecule has 0 aliphatic heterocycles. The lowest BCUT2D eigenvalue weighted by molar-refractivity contribution is 0.369. The fourth-order valence-corrected chi connectivity index (χ4v) is 1.65. The summed E-state index contributed by atoms with van der Waals surface area (Å²) in [7, 11) is 0. The van der Waals surface area contributed by atoms with Gasteiger partial charge in [-0.25, -0.2) is 8.78 Å². The molecule has 1 unspecified atom stereocenters. The van der Waals surface area contributed by atoms with Gasteiger partial charge in [0.1, 0.15) is 11.6 Å². The fourth-order valence-electron chi connectivity index (χ4n) is 1.65. The SMILES string of the molecule is CC(C)C(CN)CNCc1ccc(F)cc1F. The van der Waals surface area contributed by atoms with Crippen LogP contribution in [0, 0.1) is 23.5 Å². The van der Waals surface area contributed by atoms with Crippen LogP contribution in [0.4, 0.5) is 8.78 Å². The van der Waals surface area contributed by atoms with Crippen molar-refractivity contribution in [2.75, 3.05) is 13.1 Å². The van der Waals surface area contributed by atoms with E-state index < -0.39 is 11.6 Å². The molecular formula is C13H20F2N2. The van der Waals surface area contributed by atoms with Gasteiger partial charge < -0.3 is 11.1 Å². The smallest absolute Gasteiger partial charge is 0.130 e. The molecule has 0 bridgehead atoms. The van der Waals surface area contributed by atoms with Crippen LogP contribution in [-0.2, 0) is 6.54 Å². The maximum Gasteiger partial charge on any atom is 0.130 e. The Bertz CT molecular complexity index is 353. The van der Waals surface area contributed by atoms with Gasteiger partial charge in [0.25, 0.3) is 0 Å². The molecule has 2 nitrogen and oxygen atoms in total. The first-order chi connectivity index (χ1) is 8.04. The number of benzene rings is 1. The van der Waals surface area contributed by atoms with Crippen LogP contribution in [0.25, 0.3) is 0 Å². The molecule has 0 heterocycles. The van der Waals surface area contributed by atoms with Crippen molar-refractivity contribution in [3.63, 3.8) is 0 Å². The van der Waals surface area contributed by atoms with E-state index in [-0.39, 0.29) is 0 Å². The number of hydrogen-bond acceptors (Lipinski definition) is 2. The third-order valence-corrected chi connectivity index (χ3v) is 2.98. The summed E-state index contributed by atoms with van der Waals surface area (Å²) in [5, 5.41) is 3.15. The van der Waals surface area contributed by atoms with Crippen molar-refractivity contribution in [3.05, 3.63) is 35.4 Å². The van der Waals surface area contributed by atoms with Crippen molar-refractivity contribution in [1.82, 2.24) is 5.32 Å². The van der Waals surface area contributed by atoms with Gasteiger partial charge in [0.15, 0.2) is 0 Å². The molecule has 1 atom stereocenters. The number of nitrogens with one attached hydrogen (secondary N) is 1.